The Bertz CT molecular complexity index is 717. The van der Waals surface area contributed by atoms with Crippen molar-refractivity contribution in [1.82, 2.24) is 0 Å². The van der Waals surface area contributed by atoms with Crippen molar-refractivity contribution in [2.45, 2.75) is 20.3 Å². The Morgan fingerprint density at radius 2 is 1.80 bits per heavy atom. The average Bonchev–Trinajstić information content (AvgIpc) is 2.78. The third kappa shape index (κ3) is 2.25. The Morgan fingerprint density at radius 3 is 2.50 bits per heavy atom. The average molecular weight is 281 g/mol. The molecule has 3 rings (SSSR count). The van der Waals surface area contributed by atoms with Crippen molar-refractivity contribution >= 4 is 28.7 Å². The van der Waals surface area contributed by atoms with Gasteiger partial charge >= 0.3 is 0 Å². The van der Waals surface area contributed by atoms with Crippen LogP contribution in [0.3, 0.4) is 0 Å². The number of thiocarbonyl (C=S) groups is 1. The lowest BCUT2D eigenvalue weighted by Gasteiger charge is -2.11. The molecule has 1 aliphatic rings. The molecular formula is C17H15NOS. The largest absolute Gasteiger partial charge is 0.325 e. The smallest absolute Gasteiger partial charge is 0.228 e. The molecule has 0 aliphatic carbocycles. The van der Waals surface area contributed by atoms with Crippen LogP contribution in [-0.4, -0.2) is 10.8 Å². The van der Waals surface area contributed by atoms with Gasteiger partial charge in [0.2, 0.25) is 5.91 Å². The number of hydrogen-bond donors (Lipinski definition) is 1. The zero-order valence-corrected chi connectivity index (χ0v) is 12.3. The van der Waals surface area contributed by atoms with Crippen molar-refractivity contribution in [2.75, 3.05) is 5.32 Å². The predicted octanol–water partition coefficient (Wildman–Crippen LogP) is 3.56. The van der Waals surface area contributed by atoms with E-state index < -0.39 is 0 Å². The second kappa shape index (κ2) is 4.84. The summed E-state index contributed by atoms with van der Waals surface area (Å²) in [7, 11) is 0. The minimum absolute atomic E-state index is 0.0403. The fourth-order valence-electron chi connectivity index (χ4n) is 2.54. The lowest BCUT2D eigenvalue weighted by atomic mass is 9.97. The summed E-state index contributed by atoms with van der Waals surface area (Å²) in [4.78, 5) is 12.4. The summed E-state index contributed by atoms with van der Waals surface area (Å²) in [5.74, 6) is 0.0403. The first-order valence-electron chi connectivity index (χ1n) is 6.59. The standard InChI is InChI=1S/C17H15NOS/c1-10-3-5-12(6-4-10)17(20)14-8-11(2)7-13-9-15(19)18-16(13)14/h3-8H,9H2,1-2H3,(H,18,19). The van der Waals surface area contributed by atoms with Crippen LogP contribution in [0.25, 0.3) is 0 Å². The van der Waals surface area contributed by atoms with Crippen LogP contribution < -0.4 is 5.32 Å². The molecule has 1 heterocycles. The number of carbonyl (C=O) groups excluding carboxylic acids is 1. The molecule has 1 aliphatic heterocycles. The fraction of sp³-hybridized carbons (Fsp3) is 0.176. The molecule has 0 unspecified atom stereocenters. The van der Waals surface area contributed by atoms with Gasteiger partial charge in [0.15, 0.2) is 0 Å². The molecule has 1 amide bonds. The van der Waals surface area contributed by atoms with E-state index in [-0.39, 0.29) is 5.91 Å². The summed E-state index contributed by atoms with van der Waals surface area (Å²) < 4.78 is 0. The summed E-state index contributed by atoms with van der Waals surface area (Å²) >= 11 is 5.62. The van der Waals surface area contributed by atoms with Gasteiger partial charge < -0.3 is 5.32 Å². The highest BCUT2D eigenvalue weighted by Crippen LogP contribution is 2.31. The van der Waals surface area contributed by atoms with Gasteiger partial charge in [-0.1, -0.05) is 53.7 Å². The molecule has 2 aromatic carbocycles. The number of amides is 1. The third-order valence-electron chi connectivity index (χ3n) is 3.54. The van der Waals surface area contributed by atoms with Crippen LogP contribution in [0.1, 0.15) is 27.8 Å². The van der Waals surface area contributed by atoms with E-state index in [0.29, 0.717) is 6.42 Å². The Kier molecular flexibility index (Phi) is 3.14. The number of aryl methyl sites for hydroxylation is 2. The Hall–Kier alpha value is -2.00. The van der Waals surface area contributed by atoms with Crippen LogP contribution in [0, 0.1) is 13.8 Å². The predicted molar refractivity (Wildman–Crippen MR) is 85.5 cm³/mol. The lowest BCUT2D eigenvalue weighted by molar-refractivity contribution is -0.115. The maximum atomic E-state index is 11.6. The number of carbonyl (C=O) groups is 1. The molecule has 0 saturated carbocycles. The minimum atomic E-state index is 0.0403. The van der Waals surface area contributed by atoms with Gasteiger partial charge in [-0.15, -0.1) is 0 Å². The number of fused-ring (bicyclic) bond motifs is 1. The number of benzene rings is 2. The maximum Gasteiger partial charge on any atom is 0.228 e. The van der Waals surface area contributed by atoms with E-state index in [1.54, 1.807) is 0 Å². The maximum absolute atomic E-state index is 11.6. The molecule has 0 atom stereocenters. The van der Waals surface area contributed by atoms with Crippen molar-refractivity contribution in [3.63, 3.8) is 0 Å². The summed E-state index contributed by atoms with van der Waals surface area (Å²) in [6.45, 7) is 4.09. The SMILES string of the molecule is Cc1ccc(C(=S)c2cc(C)cc3c2NC(=O)C3)cc1. The van der Waals surface area contributed by atoms with Gasteiger partial charge in [0.25, 0.3) is 0 Å². The van der Waals surface area contributed by atoms with E-state index in [1.165, 1.54) is 5.56 Å². The van der Waals surface area contributed by atoms with Crippen molar-refractivity contribution < 1.29 is 4.79 Å². The number of anilines is 1. The molecule has 100 valence electrons. The Balaban J connectivity index is 2.09. The van der Waals surface area contributed by atoms with Gasteiger partial charge in [0, 0.05) is 5.56 Å². The molecule has 0 saturated heterocycles. The van der Waals surface area contributed by atoms with Crippen molar-refractivity contribution in [1.29, 1.82) is 0 Å². The zero-order valence-electron chi connectivity index (χ0n) is 11.5. The van der Waals surface area contributed by atoms with Crippen molar-refractivity contribution in [2.24, 2.45) is 0 Å². The summed E-state index contributed by atoms with van der Waals surface area (Å²) in [6.07, 6.45) is 0.445. The molecule has 3 heteroatoms. The van der Waals surface area contributed by atoms with Gasteiger partial charge in [-0.05, 0) is 31.0 Å². The first kappa shape index (κ1) is 13.0. The van der Waals surface area contributed by atoms with Crippen LogP contribution in [-0.2, 0) is 11.2 Å². The highest BCUT2D eigenvalue weighted by molar-refractivity contribution is 7.81. The van der Waals surface area contributed by atoms with Crippen LogP contribution in [0.5, 0.6) is 0 Å². The first-order chi connectivity index (χ1) is 9.54. The highest BCUT2D eigenvalue weighted by Gasteiger charge is 2.23. The molecule has 2 aromatic rings. The first-order valence-corrected chi connectivity index (χ1v) is 7.00. The minimum Gasteiger partial charge on any atom is -0.325 e. The van der Waals surface area contributed by atoms with Crippen LogP contribution >= 0.6 is 12.2 Å². The van der Waals surface area contributed by atoms with E-state index in [9.17, 15) is 4.79 Å². The normalized spacial score (nSPS) is 13.0. The molecule has 2 nitrogen and oxygen atoms in total. The van der Waals surface area contributed by atoms with Crippen LogP contribution in [0.15, 0.2) is 36.4 Å². The van der Waals surface area contributed by atoms with Crippen LogP contribution in [0.4, 0.5) is 5.69 Å². The molecule has 0 radical (unpaired) electrons. The quantitative estimate of drug-likeness (QED) is 0.673. The Labute approximate surface area is 123 Å². The lowest BCUT2D eigenvalue weighted by Crippen LogP contribution is -2.08. The van der Waals surface area contributed by atoms with Crippen molar-refractivity contribution in [3.05, 3.63) is 64.2 Å². The topological polar surface area (TPSA) is 29.1 Å². The number of nitrogens with one attached hydrogen (secondary N) is 1. The van der Waals surface area contributed by atoms with Gasteiger partial charge in [-0.3, -0.25) is 4.79 Å². The summed E-state index contributed by atoms with van der Waals surface area (Å²) in [5.41, 5.74) is 6.22. The summed E-state index contributed by atoms with van der Waals surface area (Å²) in [6, 6.07) is 12.3. The fourth-order valence-corrected chi connectivity index (χ4v) is 2.84. The monoisotopic (exact) mass is 281 g/mol. The molecule has 0 aromatic heterocycles. The molecule has 0 spiro atoms. The van der Waals surface area contributed by atoms with Crippen molar-refractivity contribution in [3.8, 4) is 0 Å². The zero-order chi connectivity index (χ0) is 14.3. The molecule has 0 fully saturated rings. The number of rotatable bonds is 2. The van der Waals surface area contributed by atoms with Gasteiger partial charge in [0.1, 0.15) is 0 Å². The van der Waals surface area contributed by atoms with Gasteiger partial charge in [-0.25, -0.2) is 0 Å². The van der Waals surface area contributed by atoms with E-state index in [4.69, 9.17) is 12.2 Å². The molecule has 1 N–H and O–H groups in total. The molecule has 20 heavy (non-hydrogen) atoms. The second-order valence-corrected chi connectivity index (χ2v) is 5.67. The van der Waals surface area contributed by atoms with E-state index in [0.717, 1.165) is 32.8 Å². The number of hydrogen-bond acceptors (Lipinski definition) is 2. The third-order valence-corrected chi connectivity index (χ3v) is 3.99. The molecule has 0 bridgehead atoms. The van der Waals surface area contributed by atoms with Gasteiger partial charge in [0.05, 0.1) is 17.0 Å². The van der Waals surface area contributed by atoms with E-state index >= 15 is 0 Å². The van der Waals surface area contributed by atoms with E-state index in [2.05, 4.69) is 30.4 Å². The van der Waals surface area contributed by atoms with E-state index in [1.807, 2.05) is 25.1 Å². The summed E-state index contributed by atoms with van der Waals surface area (Å²) in [5, 5.41) is 2.93. The molecular weight excluding hydrogens is 266 g/mol. The second-order valence-electron chi connectivity index (χ2n) is 5.27. The van der Waals surface area contributed by atoms with Crippen LogP contribution in [0.2, 0.25) is 0 Å². The van der Waals surface area contributed by atoms with Gasteiger partial charge in [-0.2, -0.15) is 0 Å². The highest BCUT2D eigenvalue weighted by atomic mass is 32.1. The Morgan fingerprint density at radius 1 is 1.10 bits per heavy atom.